The van der Waals surface area contributed by atoms with Crippen LogP contribution in [0.4, 0.5) is 0 Å². The Morgan fingerprint density at radius 3 is 2.25 bits per heavy atom. The number of hydrogen-bond donors (Lipinski definition) is 4. The van der Waals surface area contributed by atoms with Gasteiger partial charge in [0.15, 0.2) is 17.3 Å². The van der Waals surface area contributed by atoms with Crippen LogP contribution in [-0.4, -0.2) is 26.8 Å². The summed E-state index contributed by atoms with van der Waals surface area (Å²) in [7, 11) is 0. The van der Waals surface area contributed by atoms with E-state index in [9.17, 15) is 20.1 Å². The maximum Gasteiger partial charge on any atom is 0.198 e. The maximum atomic E-state index is 12.4. The standard InChI is InChI=1S/C15H11NO4/c1-6-2-3-8-10(13(6)18)12(16)7-4-5-9(17)15(20)11(7)14(8)19/h2-5,16-18,20H,1H3. The summed E-state index contributed by atoms with van der Waals surface area (Å²) in [5.74, 6) is -1.58. The summed E-state index contributed by atoms with van der Waals surface area (Å²) >= 11 is 0. The third kappa shape index (κ3) is 1.37. The Hall–Kier alpha value is -2.82. The van der Waals surface area contributed by atoms with Gasteiger partial charge in [-0.2, -0.15) is 0 Å². The molecule has 4 N–H and O–H groups in total. The average molecular weight is 269 g/mol. The van der Waals surface area contributed by atoms with E-state index in [-0.39, 0.29) is 33.7 Å². The van der Waals surface area contributed by atoms with E-state index in [0.29, 0.717) is 5.56 Å². The summed E-state index contributed by atoms with van der Waals surface area (Å²) in [6, 6.07) is 5.68. The number of fused-ring (bicyclic) bond motifs is 2. The van der Waals surface area contributed by atoms with Crippen molar-refractivity contribution in [2.75, 3.05) is 0 Å². The van der Waals surface area contributed by atoms with Crippen LogP contribution >= 0.6 is 0 Å². The van der Waals surface area contributed by atoms with E-state index in [1.807, 2.05) is 0 Å². The third-order valence-electron chi connectivity index (χ3n) is 3.53. The number of benzene rings is 2. The van der Waals surface area contributed by atoms with Gasteiger partial charge in [-0.3, -0.25) is 10.2 Å². The van der Waals surface area contributed by atoms with E-state index in [0.717, 1.165) is 0 Å². The molecule has 0 atom stereocenters. The maximum absolute atomic E-state index is 12.4. The van der Waals surface area contributed by atoms with Gasteiger partial charge < -0.3 is 15.3 Å². The van der Waals surface area contributed by atoms with Crippen molar-refractivity contribution >= 4 is 11.5 Å². The highest BCUT2D eigenvalue weighted by Crippen LogP contribution is 2.40. The number of carbonyl (C=O) groups is 1. The molecular formula is C15H11NO4. The van der Waals surface area contributed by atoms with Gasteiger partial charge in [-0.25, -0.2) is 0 Å². The van der Waals surface area contributed by atoms with Gasteiger partial charge in [0.1, 0.15) is 5.75 Å². The summed E-state index contributed by atoms with van der Waals surface area (Å²) in [6.45, 7) is 1.68. The zero-order valence-corrected chi connectivity index (χ0v) is 10.6. The lowest BCUT2D eigenvalue weighted by Gasteiger charge is -2.22. The van der Waals surface area contributed by atoms with Gasteiger partial charge in [0.05, 0.1) is 16.8 Å². The van der Waals surface area contributed by atoms with Gasteiger partial charge in [0.2, 0.25) is 0 Å². The minimum atomic E-state index is -0.539. The van der Waals surface area contributed by atoms with Crippen molar-refractivity contribution in [2.24, 2.45) is 0 Å². The number of aryl methyl sites for hydroxylation is 1. The number of hydrogen-bond acceptors (Lipinski definition) is 5. The first-order valence-electron chi connectivity index (χ1n) is 5.95. The number of carbonyl (C=O) groups excluding carboxylic acids is 1. The van der Waals surface area contributed by atoms with E-state index in [1.54, 1.807) is 13.0 Å². The van der Waals surface area contributed by atoms with Gasteiger partial charge in [-0.15, -0.1) is 0 Å². The molecule has 0 aromatic heterocycles. The zero-order chi connectivity index (χ0) is 14.6. The first kappa shape index (κ1) is 12.2. The van der Waals surface area contributed by atoms with Crippen LogP contribution in [0, 0.1) is 12.3 Å². The summed E-state index contributed by atoms with van der Waals surface area (Å²) in [5.41, 5.74) is 0.905. The fourth-order valence-electron chi connectivity index (χ4n) is 2.43. The normalized spacial score (nSPS) is 13.1. The Morgan fingerprint density at radius 2 is 1.55 bits per heavy atom. The Balaban J connectivity index is 2.40. The van der Waals surface area contributed by atoms with Crippen LogP contribution in [0.15, 0.2) is 24.3 Å². The molecule has 100 valence electrons. The molecule has 0 radical (unpaired) electrons. The highest BCUT2D eigenvalue weighted by atomic mass is 16.3. The van der Waals surface area contributed by atoms with Gasteiger partial charge in [-0.1, -0.05) is 6.07 Å². The second-order valence-corrected chi connectivity index (χ2v) is 4.71. The first-order chi connectivity index (χ1) is 9.43. The third-order valence-corrected chi connectivity index (χ3v) is 3.53. The van der Waals surface area contributed by atoms with E-state index in [4.69, 9.17) is 5.41 Å². The predicted octanol–water partition coefficient (Wildman–Crippen LogP) is 2.07. The lowest BCUT2D eigenvalue weighted by molar-refractivity contribution is 0.103. The molecule has 0 unspecified atom stereocenters. The Bertz CT molecular complexity index is 725. The van der Waals surface area contributed by atoms with E-state index >= 15 is 0 Å². The molecule has 0 aliphatic heterocycles. The highest BCUT2D eigenvalue weighted by molar-refractivity contribution is 6.31. The molecule has 0 saturated carbocycles. The van der Waals surface area contributed by atoms with Crippen molar-refractivity contribution in [1.82, 2.24) is 0 Å². The number of aromatic hydroxyl groups is 3. The monoisotopic (exact) mass is 269 g/mol. The Labute approximate surface area is 114 Å². The smallest absolute Gasteiger partial charge is 0.198 e. The summed E-state index contributed by atoms with van der Waals surface area (Å²) < 4.78 is 0. The Morgan fingerprint density at radius 1 is 0.900 bits per heavy atom. The molecule has 0 heterocycles. The van der Waals surface area contributed by atoms with Crippen molar-refractivity contribution in [2.45, 2.75) is 6.92 Å². The molecule has 0 spiro atoms. The van der Waals surface area contributed by atoms with Gasteiger partial charge in [0.25, 0.3) is 0 Å². The van der Waals surface area contributed by atoms with Crippen molar-refractivity contribution in [3.05, 3.63) is 52.1 Å². The second kappa shape index (κ2) is 3.84. The average Bonchev–Trinajstić information content (AvgIpc) is 2.42. The summed E-state index contributed by atoms with van der Waals surface area (Å²) in [4.78, 5) is 12.4. The molecule has 1 aliphatic carbocycles. The molecule has 3 rings (SSSR count). The van der Waals surface area contributed by atoms with Crippen LogP contribution in [0.2, 0.25) is 0 Å². The SMILES string of the molecule is Cc1ccc2c(c1O)C(=N)c1ccc(O)c(O)c1C2=O. The largest absolute Gasteiger partial charge is 0.507 e. The molecule has 1 aliphatic rings. The molecule has 0 saturated heterocycles. The van der Waals surface area contributed by atoms with E-state index in [1.165, 1.54) is 18.2 Å². The topological polar surface area (TPSA) is 102 Å². The predicted molar refractivity (Wildman–Crippen MR) is 72.0 cm³/mol. The summed E-state index contributed by atoms with van der Waals surface area (Å²) in [5, 5.41) is 37.6. The van der Waals surface area contributed by atoms with E-state index in [2.05, 4.69) is 0 Å². The quantitative estimate of drug-likeness (QED) is 0.469. The second-order valence-electron chi connectivity index (χ2n) is 4.71. The molecule has 0 bridgehead atoms. The lowest BCUT2D eigenvalue weighted by Crippen LogP contribution is -2.21. The zero-order valence-electron chi connectivity index (χ0n) is 10.6. The van der Waals surface area contributed by atoms with Crippen molar-refractivity contribution in [3.8, 4) is 17.2 Å². The fraction of sp³-hybridized carbons (Fsp3) is 0.0667. The molecule has 5 heteroatoms. The van der Waals surface area contributed by atoms with Gasteiger partial charge in [-0.05, 0) is 30.7 Å². The van der Waals surface area contributed by atoms with Crippen LogP contribution in [0.3, 0.4) is 0 Å². The number of rotatable bonds is 0. The molecule has 2 aromatic rings. The van der Waals surface area contributed by atoms with Crippen molar-refractivity contribution in [1.29, 1.82) is 5.41 Å². The van der Waals surface area contributed by atoms with Crippen LogP contribution in [0.1, 0.15) is 32.6 Å². The molecule has 0 fully saturated rings. The van der Waals surface area contributed by atoms with Gasteiger partial charge >= 0.3 is 0 Å². The molecule has 20 heavy (non-hydrogen) atoms. The Kier molecular flexibility index (Phi) is 2.34. The van der Waals surface area contributed by atoms with Crippen LogP contribution in [-0.2, 0) is 0 Å². The van der Waals surface area contributed by atoms with Crippen molar-refractivity contribution < 1.29 is 20.1 Å². The number of ketones is 1. The van der Waals surface area contributed by atoms with Gasteiger partial charge in [0, 0.05) is 11.1 Å². The number of nitrogens with one attached hydrogen (secondary N) is 1. The van der Waals surface area contributed by atoms with Crippen LogP contribution in [0.5, 0.6) is 17.2 Å². The van der Waals surface area contributed by atoms with Crippen LogP contribution < -0.4 is 0 Å². The minimum absolute atomic E-state index is 0.0499. The summed E-state index contributed by atoms with van der Waals surface area (Å²) in [6.07, 6.45) is 0. The molecule has 5 nitrogen and oxygen atoms in total. The molecule has 0 amide bonds. The first-order valence-corrected chi connectivity index (χ1v) is 5.95. The lowest BCUT2D eigenvalue weighted by atomic mass is 9.81. The highest BCUT2D eigenvalue weighted by Gasteiger charge is 2.33. The fourth-order valence-corrected chi connectivity index (χ4v) is 2.43. The number of phenols is 3. The minimum Gasteiger partial charge on any atom is -0.507 e. The van der Waals surface area contributed by atoms with Crippen molar-refractivity contribution in [3.63, 3.8) is 0 Å². The van der Waals surface area contributed by atoms with Crippen LogP contribution in [0.25, 0.3) is 0 Å². The molecule has 2 aromatic carbocycles. The molecular weight excluding hydrogens is 258 g/mol. The number of phenolic OH excluding ortho intramolecular Hbond substituents is 3. The van der Waals surface area contributed by atoms with E-state index < -0.39 is 17.3 Å².